The molecule has 1 aliphatic rings. The fourth-order valence-corrected chi connectivity index (χ4v) is 3.23. The third kappa shape index (κ3) is 7.08. The second-order valence-corrected chi connectivity index (χ2v) is 6.03. The Balaban J connectivity index is 2.01. The Morgan fingerprint density at radius 3 is 2.35 bits per heavy atom. The molecule has 0 aromatic rings. The summed E-state index contributed by atoms with van der Waals surface area (Å²) in [6.07, 6.45) is 17.2. The molecule has 0 unspecified atom stereocenters. The molecule has 1 saturated carbocycles. The van der Waals surface area contributed by atoms with Gasteiger partial charge in [-0.25, -0.2) is 0 Å². The van der Waals surface area contributed by atoms with E-state index in [9.17, 15) is 0 Å². The summed E-state index contributed by atoms with van der Waals surface area (Å²) in [6.45, 7) is 3.19. The summed E-state index contributed by atoms with van der Waals surface area (Å²) in [5.41, 5.74) is 5.87. The van der Waals surface area contributed by atoms with Crippen LogP contribution in [0.5, 0.6) is 0 Å². The van der Waals surface area contributed by atoms with E-state index < -0.39 is 0 Å². The lowest BCUT2D eigenvalue weighted by atomic mass is 9.84. The molecule has 0 radical (unpaired) electrons. The summed E-state index contributed by atoms with van der Waals surface area (Å²) >= 11 is 0. The number of rotatable bonds is 9. The van der Waals surface area contributed by atoms with Gasteiger partial charge in [0.1, 0.15) is 0 Å². The van der Waals surface area contributed by atoms with Crippen LogP contribution < -0.4 is 5.73 Å². The van der Waals surface area contributed by atoms with E-state index >= 15 is 0 Å². The minimum Gasteiger partial charge on any atom is -0.330 e. The van der Waals surface area contributed by atoms with E-state index in [2.05, 4.69) is 6.92 Å². The van der Waals surface area contributed by atoms with Crippen LogP contribution in [0.15, 0.2) is 0 Å². The fraction of sp³-hybridized carbons (Fsp3) is 1.00. The molecule has 17 heavy (non-hydrogen) atoms. The fourth-order valence-electron chi connectivity index (χ4n) is 3.23. The zero-order valence-corrected chi connectivity index (χ0v) is 11.9. The lowest BCUT2D eigenvalue weighted by Crippen LogP contribution is -2.15. The molecule has 1 heteroatoms. The standard InChI is InChI=1S/C16H33N/c1-2-3-5-11-16(14-17)13-8-12-15-9-6-4-7-10-15/h15-16H,2-14,17H2,1H3/t16-/m1/s1. The monoisotopic (exact) mass is 239 g/mol. The van der Waals surface area contributed by atoms with Crippen molar-refractivity contribution >= 4 is 0 Å². The lowest BCUT2D eigenvalue weighted by Gasteiger charge is -2.22. The number of unbranched alkanes of at least 4 members (excludes halogenated alkanes) is 2. The highest BCUT2D eigenvalue weighted by Gasteiger charge is 2.14. The highest BCUT2D eigenvalue weighted by atomic mass is 14.5. The maximum atomic E-state index is 5.87. The van der Waals surface area contributed by atoms with Crippen molar-refractivity contribution in [3.8, 4) is 0 Å². The summed E-state index contributed by atoms with van der Waals surface area (Å²) in [5.74, 6) is 1.86. The molecule has 1 aliphatic carbocycles. The second-order valence-electron chi connectivity index (χ2n) is 6.03. The summed E-state index contributed by atoms with van der Waals surface area (Å²) in [6, 6.07) is 0. The van der Waals surface area contributed by atoms with Crippen LogP contribution in [0.2, 0.25) is 0 Å². The van der Waals surface area contributed by atoms with E-state index in [0.717, 1.165) is 18.4 Å². The van der Waals surface area contributed by atoms with Crippen LogP contribution in [-0.2, 0) is 0 Å². The Hall–Kier alpha value is -0.0400. The first-order chi connectivity index (χ1) is 8.36. The van der Waals surface area contributed by atoms with Crippen LogP contribution in [0, 0.1) is 11.8 Å². The number of hydrogen-bond donors (Lipinski definition) is 1. The van der Waals surface area contributed by atoms with Gasteiger partial charge in [0.2, 0.25) is 0 Å². The van der Waals surface area contributed by atoms with Gasteiger partial charge < -0.3 is 5.73 Å². The zero-order chi connectivity index (χ0) is 12.3. The molecule has 0 aromatic carbocycles. The molecule has 2 N–H and O–H groups in total. The van der Waals surface area contributed by atoms with Crippen molar-refractivity contribution in [2.45, 2.75) is 84.0 Å². The van der Waals surface area contributed by atoms with Gasteiger partial charge in [-0.2, -0.15) is 0 Å². The van der Waals surface area contributed by atoms with Gasteiger partial charge in [-0.15, -0.1) is 0 Å². The van der Waals surface area contributed by atoms with Gasteiger partial charge >= 0.3 is 0 Å². The predicted octanol–water partition coefficient (Wildman–Crippen LogP) is 4.89. The molecule has 0 aliphatic heterocycles. The van der Waals surface area contributed by atoms with Crippen molar-refractivity contribution in [1.82, 2.24) is 0 Å². The Morgan fingerprint density at radius 2 is 1.71 bits per heavy atom. The van der Waals surface area contributed by atoms with Crippen LogP contribution in [0.4, 0.5) is 0 Å². The van der Waals surface area contributed by atoms with Crippen LogP contribution in [-0.4, -0.2) is 6.54 Å². The van der Waals surface area contributed by atoms with Crippen LogP contribution in [0.3, 0.4) is 0 Å². The van der Waals surface area contributed by atoms with Gasteiger partial charge in [0.15, 0.2) is 0 Å². The molecular weight excluding hydrogens is 206 g/mol. The second kappa shape index (κ2) is 9.94. The van der Waals surface area contributed by atoms with Gasteiger partial charge in [-0.1, -0.05) is 71.1 Å². The van der Waals surface area contributed by atoms with Crippen LogP contribution in [0.1, 0.15) is 84.0 Å². The van der Waals surface area contributed by atoms with Gasteiger partial charge in [0, 0.05) is 0 Å². The highest BCUT2D eigenvalue weighted by Crippen LogP contribution is 2.28. The number of hydrogen-bond acceptors (Lipinski definition) is 1. The molecule has 1 fully saturated rings. The third-order valence-corrected chi connectivity index (χ3v) is 4.50. The third-order valence-electron chi connectivity index (χ3n) is 4.50. The smallest absolute Gasteiger partial charge is 0.00489 e. The minimum absolute atomic E-state index is 0.810. The lowest BCUT2D eigenvalue weighted by molar-refractivity contribution is 0.314. The Morgan fingerprint density at radius 1 is 1.00 bits per heavy atom. The highest BCUT2D eigenvalue weighted by molar-refractivity contribution is 4.67. The van der Waals surface area contributed by atoms with Gasteiger partial charge in [-0.3, -0.25) is 0 Å². The SMILES string of the molecule is CCCCC[C@@H](CN)CCCC1CCCCC1. The van der Waals surface area contributed by atoms with Crippen LogP contribution in [0.25, 0.3) is 0 Å². The maximum Gasteiger partial charge on any atom is -0.00489 e. The number of nitrogens with two attached hydrogens (primary N) is 1. The molecule has 0 saturated heterocycles. The molecule has 0 heterocycles. The van der Waals surface area contributed by atoms with Crippen molar-refractivity contribution in [2.24, 2.45) is 17.6 Å². The van der Waals surface area contributed by atoms with Gasteiger partial charge in [0.05, 0.1) is 0 Å². The average Bonchev–Trinajstić information content (AvgIpc) is 2.38. The molecule has 0 spiro atoms. The molecule has 0 bridgehead atoms. The van der Waals surface area contributed by atoms with Crippen molar-refractivity contribution in [3.63, 3.8) is 0 Å². The van der Waals surface area contributed by atoms with E-state index in [1.54, 1.807) is 0 Å². The largest absolute Gasteiger partial charge is 0.330 e. The molecule has 102 valence electrons. The van der Waals surface area contributed by atoms with E-state index in [4.69, 9.17) is 5.73 Å². The predicted molar refractivity (Wildman–Crippen MR) is 77.1 cm³/mol. The quantitative estimate of drug-likeness (QED) is 0.569. The first-order valence-electron chi connectivity index (χ1n) is 8.06. The normalized spacial score (nSPS) is 19.4. The van der Waals surface area contributed by atoms with Crippen molar-refractivity contribution in [2.75, 3.05) is 6.54 Å². The molecule has 1 atom stereocenters. The van der Waals surface area contributed by atoms with Crippen molar-refractivity contribution in [1.29, 1.82) is 0 Å². The zero-order valence-electron chi connectivity index (χ0n) is 11.9. The Bertz CT molecular complexity index is 161. The molecular formula is C16H33N. The van der Waals surface area contributed by atoms with Crippen molar-refractivity contribution in [3.05, 3.63) is 0 Å². The summed E-state index contributed by atoms with van der Waals surface area (Å²) in [4.78, 5) is 0. The summed E-state index contributed by atoms with van der Waals surface area (Å²) in [5, 5.41) is 0. The first kappa shape index (κ1) is 15.0. The Kier molecular flexibility index (Phi) is 8.78. The van der Waals surface area contributed by atoms with E-state index in [-0.39, 0.29) is 0 Å². The molecule has 1 rings (SSSR count). The first-order valence-corrected chi connectivity index (χ1v) is 8.06. The van der Waals surface area contributed by atoms with Gasteiger partial charge in [0.25, 0.3) is 0 Å². The topological polar surface area (TPSA) is 26.0 Å². The molecule has 0 amide bonds. The minimum atomic E-state index is 0.810. The van der Waals surface area contributed by atoms with Gasteiger partial charge in [-0.05, 0) is 31.2 Å². The van der Waals surface area contributed by atoms with E-state index in [1.807, 2.05) is 0 Å². The maximum absolute atomic E-state index is 5.87. The Labute approximate surface area is 109 Å². The molecule has 0 aromatic heterocycles. The molecule has 1 nitrogen and oxygen atoms in total. The van der Waals surface area contributed by atoms with E-state index in [1.165, 1.54) is 77.0 Å². The average molecular weight is 239 g/mol. The van der Waals surface area contributed by atoms with Crippen molar-refractivity contribution < 1.29 is 0 Å². The van der Waals surface area contributed by atoms with Crippen LogP contribution >= 0.6 is 0 Å². The van der Waals surface area contributed by atoms with E-state index in [0.29, 0.717) is 0 Å². The summed E-state index contributed by atoms with van der Waals surface area (Å²) < 4.78 is 0. The summed E-state index contributed by atoms with van der Waals surface area (Å²) in [7, 11) is 0.